The Hall–Kier alpha value is -2.11. The second-order valence-electron chi connectivity index (χ2n) is 5.29. The summed E-state index contributed by atoms with van der Waals surface area (Å²) in [7, 11) is 1.69. The molecule has 6 nitrogen and oxygen atoms in total. The smallest absolute Gasteiger partial charge is 0.270 e. The molecular weight excluding hydrogens is 258 g/mol. The third-order valence-electron chi connectivity index (χ3n) is 3.49. The fourth-order valence-electron chi connectivity index (χ4n) is 2.27. The molecule has 0 spiro atoms. The van der Waals surface area contributed by atoms with Crippen molar-refractivity contribution in [1.82, 2.24) is 5.32 Å². The van der Waals surface area contributed by atoms with Gasteiger partial charge < -0.3 is 10.6 Å². The van der Waals surface area contributed by atoms with E-state index in [0.717, 1.165) is 12.3 Å². The third-order valence-corrected chi connectivity index (χ3v) is 3.49. The number of amides is 1. The minimum atomic E-state index is -0.496. The first-order chi connectivity index (χ1) is 9.51. The Morgan fingerprint density at radius 3 is 2.75 bits per heavy atom. The van der Waals surface area contributed by atoms with Crippen LogP contribution in [0.4, 0.5) is 11.4 Å². The maximum absolute atomic E-state index is 12.2. The van der Waals surface area contributed by atoms with E-state index in [2.05, 4.69) is 10.6 Å². The SMILES string of the molecule is CNc1ccc([N+](=O)[O-])cc1C(=O)NC(C)CC1CC1. The van der Waals surface area contributed by atoms with Crippen LogP contribution >= 0.6 is 0 Å². The summed E-state index contributed by atoms with van der Waals surface area (Å²) in [6.45, 7) is 1.96. The van der Waals surface area contributed by atoms with Crippen LogP contribution in [-0.2, 0) is 0 Å². The Morgan fingerprint density at radius 1 is 1.50 bits per heavy atom. The third kappa shape index (κ3) is 3.46. The molecule has 108 valence electrons. The molecule has 1 aromatic rings. The van der Waals surface area contributed by atoms with Crippen LogP contribution in [0.2, 0.25) is 0 Å². The molecule has 0 radical (unpaired) electrons. The predicted molar refractivity (Wildman–Crippen MR) is 76.9 cm³/mol. The number of carbonyl (C=O) groups excluding carboxylic acids is 1. The number of non-ortho nitro benzene ring substituents is 1. The second-order valence-corrected chi connectivity index (χ2v) is 5.29. The zero-order valence-corrected chi connectivity index (χ0v) is 11.7. The lowest BCUT2D eigenvalue weighted by atomic mass is 10.1. The highest BCUT2D eigenvalue weighted by Gasteiger charge is 2.25. The molecule has 0 saturated heterocycles. The number of anilines is 1. The van der Waals surface area contributed by atoms with Gasteiger partial charge in [-0.1, -0.05) is 12.8 Å². The maximum Gasteiger partial charge on any atom is 0.270 e. The normalized spacial score (nSPS) is 15.5. The van der Waals surface area contributed by atoms with Gasteiger partial charge in [0.25, 0.3) is 11.6 Å². The van der Waals surface area contributed by atoms with Crippen molar-refractivity contribution < 1.29 is 9.72 Å². The number of nitrogens with zero attached hydrogens (tertiary/aromatic N) is 1. The van der Waals surface area contributed by atoms with Gasteiger partial charge in [0, 0.05) is 30.9 Å². The van der Waals surface area contributed by atoms with Crippen molar-refractivity contribution in [2.75, 3.05) is 12.4 Å². The Labute approximate surface area is 117 Å². The number of nitro groups is 1. The molecule has 1 saturated carbocycles. The number of nitro benzene ring substituents is 1. The molecule has 6 heteroatoms. The van der Waals surface area contributed by atoms with Crippen LogP contribution in [0.1, 0.15) is 36.5 Å². The summed E-state index contributed by atoms with van der Waals surface area (Å²) in [5.41, 5.74) is 0.820. The van der Waals surface area contributed by atoms with Crippen LogP contribution in [0, 0.1) is 16.0 Å². The topological polar surface area (TPSA) is 84.3 Å². The van der Waals surface area contributed by atoms with Crippen molar-refractivity contribution in [2.45, 2.75) is 32.2 Å². The van der Waals surface area contributed by atoms with Crippen LogP contribution < -0.4 is 10.6 Å². The molecule has 0 aromatic heterocycles. The lowest BCUT2D eigenvalue weighted by Crippen LogP contribution is -2.33. The minimum Gasteiger partial charge on any atom is -0.387 e. The van der Waals surface area contributed by atoms with Gasteiger partial charge in [0.15, 0.2) is 0 Å². The highest BCUT2D eigenvalue weighted by atomic mass is 16.6. The molecule has 1 fully saturated rings. The molecule has 1 amide bonds. The molecular formula is C14H19N3O3. The number of hydrogen-bond donors (Lipinski definition) is 2. The van der Waals surface area contributed by atoms with Gasteiger partial charge in [-0.05, 0) is 25.3 Å². The minimum absolute atomic E-state index is 0.0796. The molecule has 1 atom stereocenters. The van der Waals surface area contributed by atoms with Crippen molar-refractivity contribution in [3.05, 3.63) is 33.9 Å². The van der Waals surface area contributed by atoms with Gasteiger partial charge in [0.2, 0.25) is 0 Å². The van der Waals surface area contributed by atoms with E-state index in [4.69, 9.17) is 0 Å². The molecule has 2 rings (SSSR count). The Kier molecular flexibility index (Phi) is 4.22. The van der Waals surface area contributed by atoms with Gasteiger partial charge in [-0.3, -0.25) is 14.9 Å². The first-order valence-corrected chi connectivity index (χ1v) is 6.78. The summed E-state index contributed by atoms with van der Waals surface area (Å²) in [5, 5.41) is 16.6. The molecule has 1 aromatic carbocycles. The van der Waals surface area contributed by atoms with E-state index in [9.17, 15) is 14.9 Å². The Bertz CT molecular complexity index is 526. The van der Waals surface area contributed by atoms with Crippen LogP contribution in [0.25, 0.3) is 0 Å². The van der Waals surface area contributed by atoms with Crippen molar-refractivity contribution in [2.24, 2.45) is 5.92 Å². The van der Waals surface area contributed by atoms with E-state index < -0.39 is 4.92 Å². The van der Waals surface area contributed by atoms with Gasteiger partial charge in [-0.2, -0.15) is 0 Å². The molecule has 1 aliphatic carbocycles. The summed E-state index contributed by atoms with van der Waals surface area (Å²) in [6, 6.07) is 4.33. The number of carbonyl (C=O) groups is 1. The summed E-state index contributed by atoms with van der Waals surface area (Å²) in [6.07, 6.45) is 3.44. The van der Waals surface area contributed by atoms with E-state index in [1.807, 2.05) is 6.92 Å². The van der Waals surface area contributed by atoms with Crippen molar-refractivity contribution in [3.63, 3.8) is 0 Å². The average Bonchev–Trinajstić information content (AvgIpc) is 3.21. The quantitative estimate of drug-likeness (QED) is 0.618. The lowest BCUT2D eigenvalue weighted by Gasteiger charge is -2.15. The number of nitrogens with one attached hydrogen (secondary N) is 2. The number of hydrogen-bond acceptors (Lipinski definition) is 4. The van der Waals surface area contributed by atoms with Crippen LogP contribution in [0.15, 0.2) is 18.2 Å². The second kappa shape index (κ2) is 5.90. The van der Waals surface area contributed by atoms with E-state index in [1.165, 1.54) is 25.0 Å². The average molecular weight is 277 g/mol. The summed E-state index contributed by atoms with van der Waals surface area (Å²) < 4.78 is 0. The summed E-state index contributed by atoms with van der Waals surface area (Å²) >= 11 is 0. The molecule has 20 heavy (non-hydrogen) atoms. The fourth-order valence-corrected chi connectivity index (χ4v) is 2.27. The highest BCUT2D eigenvalue weighted by molar-refractivity contribution is 6.00. The van der Waals surface area contributed by atoms with E-state index in [-0.39, 0.29) is 17.6 Å². The molecule has 1 aliphatic rings. The number of rotatable bonds is 6. The summed E-state index contributed by atoms with van der Waals surface area (Å²) in [5.74, 6) is 0.449. The zero-order valence-electron chi connectivity index (χ0n) is 11.7. The highest BCUT2D eigenvalue weighted by Crippen LogP contribution is 2.33. The molecule has 2 N–H and O–H groups in total. The van der Waals surface area contributed by atoms with Crippen molar-refractivity contribution in [3.8, 4) is 0 Å². The predicted octanol–water partition coefficient (Wildman–Crippen LogP) is 2.55. The zero-order chi connectivity index (χ0) is 14.7. The first kappa shape index (κ1) is 14.3. The van der Waals surface area contributed by atoms with Crippen LogP contribution in [0.3, 0.4) is 0 Å². The molecule has 0 bridgehead atoms. The molecule has 0 aliphatic heterocycles. The Balaban J connectivity index is 2.13. The van der Waals surface area contributed by atoms with Crippen molar-refractivity contribution in [1.29, 1.82) is 0 Å². The molecule has 0 heterocycles. The van der Waals surface area contributed by atoms with Gasteiger partial charge in [0.1, 0.15) is 0 Å². The van der Waals surface area contributed by atoms with Gasteiger partial charge >= 0.3 is 0 Å². The van der Waals surface area contributed by atoms with E-state index >= 15 is 0 Å². The van der Waals surface area contributed by atoms with Gasteiger partial charge in [-0.25, -0.2) is 0 Å². The summed E-state index contributed by atoms with van der Waals surface area (Å²) in [4.78, 5) is 22.5. The Morgan fingerprint density at radius 2 is 2.20 bits per heavy atom. The van der Waals surface area contributed by atoms with Crippen LogP contribution in [-0.4, -0.2) is 23.9 Å². The first-order valence-electron chi connectivity index (χ1n) is 6.78. The van der Waals surface area contributed by atoms with Crippen molar-refractivity contribution >= 4 is 17.3 Å². The standard InChI is InChI=1S/C14H19N3O3/c1-9(7-10-3-4-10)16-14(18)12-8-11(17(19)20)5-6-13(12)15-2/h5-6,8-10,15H,3-4,7H2,1-2H3,(H,16,18). The largest absolute Gasteiger partial charge is 0.387 e. The van der Waals surface area contributed by atoms with Gasteiger partial charge in [-0.15, -0.1) is 0 Å². The lowest BCUT2D eigenvalue weighted by molar-refractivity contribution is -0.384. The maximum atomic E-state index is 12.2. The van der Waals surface area contributed by atoms with Gasteiger partial charge in [0.05, 0.1) is 10.5 Å². The monoisotopic (exact) mass is 277 g/mol. The number of benzene rings is 1. The molecule has 1 unspecified atom stereocenters. The van der Waals surface area contributed by atoms with E-state index in [0.29, 0.717) is 11.3 Å². The van der Waals surface area contributed by atoms with Crippen LogP contribution in [0.5, 0.6) is 0 Å². The fraction of sp³-hybridized carbons (Fsp3) is 0.500. The van der Waals surface area contributed by atoms with E-state index in [1.54, 1.807) is 13.1 Å².